The zero-order valence-corrected chi connectivity index (χ0v) is 14.8. The van der Waals surface area contributed by atoms with Crippen molar-refractivity contribution in [1.82, 2.24) is 19.8 Å². The van der Waals surface area contributed by atoms with Gasteiger partial charge in [0, 0.05) is 63.6 Å². The third-order valence-electron chi connectivity index (χ3n) is 4.89. The third kappa shape index (κ3) is 3.57. The number of likely N-dealkylation sites (tertiary alicyclic amines) is 1. The van der Waals surface area contributed by atoms with Crippen LogP contribution in [0.5, 0.6) is 0 Å². The van der Waals surface area contributed by atoms with E-state index in [2.05, 4.69) is 18.8 Å². The Balaban J connectivity index is 1.67. The average molecular weight is 330 g/mol. The SMILES string of the molecule is CC(=O)N1CCc2nc(C3CCN(C(=O)CC(C)C)C3)ncc2C1. The van der Waals surface area contributed by atoms with Gasteiger partial charge in [0.15, 0.2) is 0 Å². The van der Waals surface area contributed by atoms with Crippen molar-refractivity contribution >= 4 is 11.8 Å². The van der Waals surface area contributed by atoms with Gasteiger partial charge in [-0.15, -0.1) is 0 Å². The highest BCUT2D eigenvalue weighted by Crippen LogP contribution is 2.27. The maximum absolute atomic E-state index is 12.2. The second kappa shape index (κ2) is 6.87. The lowest BCUT2D eigenvalue weighted by Crippen LogP contribution is -2.35. The van der Waals surface area contributed by atoms with Gasteiger partial charge in [0.25, 0.3) is 0 Å². The predicted molar refractivity (Wildman–Crippen MR) is 90.2 cm³/mol. The summed E-state index contributed by atoms with van der Waals surface area (Å²) in [7, 11) is 0. The molecule has 2 amide bonds. The molecular weight excluding hydrogens is 304 g/mol. The van der Waals surface area contributed by atoms with Crippen LogP contribution < -0.4 is 0 Å². The number of hydrogen-bond acceptors (Lipinski definition) is 4. The normalized spacial score (nSPS) is 20.4. The van der Waals surface area contributed by atoms with Crippen LogP contribution in [0.25, 0.3) is 0 Å². The van der Waals surface area contributed by atoms with Crippen LogP contribution in [0.4, 0.5) is 0 Å². The van der Waals surface area contributed by atoms with Crippen LogP contribution in [0, 0.1) is 5.92 Å². The molecule has 130 valence electrons. The molecule has 24 heavy (non-hydrogen) atoms. The van der Waals surface area contributed by atoms with Crippen molar-refractivity contribution in [1.29, 1.82) is 0 Å². The molecule has 1 unspecified atom stereocenters. The molecule has 3 rings (SSSR count). The van der Waals surface area contributed by atoms with Crippen LogP contribution in [-0.4, -0.2) is 51.2 Å². The predicted octanol–water partition coefficient (Wildman–Crippen LogP) is 1.74. The fraction of sp³-hybridized carbons (Fsp3) is 0.667. The summed E-state index contributed by atoms with van der Waals surface area (Å²) >= 11 is 0. The van der Waals surface area contributed by atoms with Crippen molar-refractivity contribution in [3.05, 3.63) is 23.3 Å². The molecule has 1 saturated heterocycles. The Morgan fingerprint density at radius 2 is 2.08 bits per heavy atom. The van der Waals surface area contributed by atoms with E-state index in [-0.39, 0.29) is 17.7 Å². The quantitative estimate of drug-likeness (QED) is 0.847. The molecule has 1 aromatic heterocycles. The Morgan fingerprint density at radius 3 is 2.79 bits per heavy atom. The molecule has 3 heterocycles. The molecule has 0 saturated carbocycles. The maximum Gasteiger partial charge on any atom is 0.222 e. The lowest BCUT2D eigenvalue weighted by atomic mass is 10.0. The van der Waals surface area contributed by atoms with Gasteiger partial charge < -0.3 is 9.80 Å². The van der Waals surface area contributed by atoms with E-state index in [9.17, 15) is 9.59 Å². The molecule has 6 heteroatoms. The molecular formula is C18H26N4O2. The Hall–Kier alpha value is -1.98. The van der Waals surface area contributed by atoms with Crippen molar-refractivity contribution in [3.8, 4) is 0 Å². The molecule has 0 aromatic carbocycles. The van der Waals surface area contributed by atoms with Gasteiger partial charge in [-0.1, -0.05) is 13.8 Å². The molecule has 0 spiro atoms. The lowest BCUT2D eigenvalue weighted by molar-refractivity contribution is -0.131. The number of hydrogen-bond donors (Lipinski definition) is 0. The van der Waals surface area contributed by atoms with Gasteiger partial charge in [-0.2, -0.15) is 0 Å². The smallest absolute Gasteiger partial charge is 0.222 e. The van der Waals surface area contributed by atoms with Crippen LogP contribution in [0.15, 0.2) is 6.20 Å². The first kappa shape index (κ1) is 16.9. The Labute approximate surface area is 143 Å². The Bertz CT molecular complexity index is 644. The monoisotopic (exact) mass is 330 g/mol. The molecule has 0 radical (unpaired) electrons. The highest BCUT2D eigenvalue weighted by atomic mass is 16.2. The molecule has 2 aliphatic rings. The second-order valence-corrected chi connectivity index (χ2v) is 7.31. The van der Waals surface area contributed by atoms with Crippen LogP contribution in [-0.2, 0) is 22.6 Å². The molecule has 1 atom stereocenters. The van der Waals surface area contributed by atoms with Gasteiger partial charge in [-0.3, -0.25) is 9.59 Å². The van der Waals surface area contributed by atoms with E-state index in [4.69, 9.17) is 4.98 Å². The number of rotatable bonds is 3. The van der Waals surface area contributed by atoms with Gasteiger partial charge in [-0.25, -0.2) is 9.97 Å². The topological polar surface area (TPSA) is 66.4 Å². The Morgan fingerprint density at radius 1 is 1.29 bits per heavy atom. The van der Waals surface area contributed by atoms with Crippen LogP contribution >= 0.6 is 0 Å². The number of carbonyl (C=O) groups is 2. The lowest BCUT2D eigenvalue weighted by Gasteiger charge is -2.27. The first-order valence-electron chi connectivity index (χ1n) is 8.82. The number of nitrogens with zero attached hydrogens (tertiary/aromatic N) is 4. The standard InChI is InChI=1S/C18H26N4O2/c1-12(2)8-17(24)22-6-4-14(10-22)18-19-9-15-11-21(13(3)23)7-5-16(15)20-18/h9,12,14H,4-8,10-11H2,1-3H3. The summed E-state index contributed by atoms with van der Waals surface area (Å²) in [4.78, 5) is 36.8. The molecule has 2 aliphatic heterocycles. The Kier molecular flexibility index (Phi) is 4.83. The number of carbonyl (C=O) groups excluding carboxylic acids is 2. The first-order valence-corrected chi connectivity index (χ1v) is 8.82. The van der Waals surface area contributed by atoms with E-state index in [1.54, 1.807) is 6.92 Å². The summed E-state index contributed by atoms with van der Waals surface area (Å²) in [5.41, 5.74) is 2.11. The summed E-state index contributed by atoms with van der Waals surface area (Å²) in [5, 5.41) is 0. The number of aromatic nitrogens is 2. The molecule has 0 aliphatic carbocycles. The fourth-order valence-electron chi connectivity index (χ4n) is 3.47. The van der Waals surface area contributed by atoms with E-state index in [0.29, 0.717) is 18.9 Å². The number of fused-ring (bicyclic) bond motifs is 1. The van der Waals surface area contributed by atoms with Crippen LogP contribution in [0.1, 0.15) is 56.6 Å². The van der Waals surface area contributed by atoms with Gasteiger partial charge in [-0.05, 0) is 12.3 Å². The van der Waals surface area contributed by atoms with Crippen molar-refractivity contribution < 1.29 is 9.59 Å². The van der Waals surface area contributed by atoms with Crippen molar-refractivity contribution in [2.45, 2.75) is 52.5 Å². The summed E-state index contributed by atoms with van der Waals surface area (Å²) in [5.74, 6) is 1.81. The van der Waals surface area contributed by atoms with Gasteiger partial charge in [0.05, 0.1) is 5.69 Å². The minimum Gasteiger partial charge on any atom is -0.342 e. The van der Waals surface area contributed by atoms with E-state index in [1.165, 1.54) is 0 Å². The van der Waals surface area contributed by atoms with E-state index in [1.807, 2.05) is 16.0 Å². The minimum absolute atomic E-state index is 0.0971. The van der Waals surface area contributed by atoms with Crippen molar-refractivity contribution in [2.24, 2.45) is 5.92 Å². The highest BCUT2D eigenvalue weighted by Gasteiger charge is 2.30. The maximum atomic E-state index is 12.2. The highest BCUT2D eigenvalue weighted by molar-refractivity contribution is 5.76. The van der Waals surface area contributed by atoms with Crippen LogP contribution in [0.3, 0.4) is 0 Å². The fourth-order valence-corrected chi connectivity index (χ4v) is 3.47. The summed E-state index contributed by atoms with van der Waals surface area (Å²) in [6.45, 7) is 8.60. The zero-order chi connectivity index (χ0) is 17.3. The number of amides is 2. The molecule has 0 N–H and O–H groups in total. The largest absolute Gasteiger partial charge is 0.342 e. The van der Waals surface area contributed by atoms with Gasteiger partial charge in [0.2, 0.25) is 11.8 Å². The zero-order valence-electron chi connectivity index (χ0n) is 14.8. The van der Waals surface area contributed by atoms with Gasteiger partial charge in [0.1, 0.15) is 5.82 Å². The molecule has 0 bridgehead atoms. The summed E-state index contributed by atoms with van der Waals surface area (Å²) in [6, 6.07) is 0. The van der Waals surface area contributed by atoms with Gasteiger partial charge >= 0.3 is 0 Å². The van der Waals surface area contributed by atoms with Crippen LogP contribution in [0.2, 0.25) is 0 Å². The van der Waals surface area contributed by atoms with E-state index in [0.717, 1.165) is 49.6 Å². The average Bonchev–Trinajstić information content (AvgIpc) is 3.03. The summed E-state index contributed by atoms with van der Waals surface area (Å²) in [6.07, 6.45) is 4.19. The van der Waals surface area contributed by atoms with E-state index >= 15 is 0 Å². The third-order valence-corrected chi connectivity index (χ3v) is 4.89. The molecule has 1 fully saturated rings. The summed E-state index contributed by atoms with van der Waals surface area (Å²) < 4.78 is 0. The van der Waals surface area contributed by atoms with Crippen molar-refractivity contribution in [3.63, 3.8) is 0 Å². The van der Waals surface area contributed by atoms with E-state index < -0.39 is 0 Å². The molecule has 1 aromatic rings. The molecule has 6 nitrogen and oxygen atoms in total. The minimum atomic E-state index is 0.0971. The van der Waals surface area contributed by atoms with Crippen molar-refractivity contribution in [2.75, 3.05) is 19.6 Å². The first-order chi connectivity index (χ1) is 11.4. The second-order valence-electron chi connectivity index (χ2n) is 7.31.